The van der Waals surface area contributed by atoms with E-state index in [1.807, 2.05) is 48.4 Å². The van der Waals surface area contributed by atoms with E-state index in [1.54, 1.807) is 61.5 Å². The number of rotatable bonds is 9. The summed E-state index contributed by atoms with van der Waals surface area (Å²) < 4.78 is 30.5. The molecule has 0 atom stereocenters. The van der Waals surface area contributed by atoms with E-state index < -0.39 is 9.84 Å². The Morgan fingerprint density at radius 2 is 1.39 bits per heavy atom. The molecule has 0 bridgehead atoms. The lowest BCUT2D eigenvalue weighted by Gasteiger charge is -2.19. The predicted octanol–water partition coefficient (Wildman–Crippen LogP) is 5.25. The summed E-state index contributed by atoms with van der Waals surface area (Å²) in [6.07, 6.45) is 3.91. The minimum Gasteiger partial charge on any atom is -0.460 e. The number of benzene rings is 3. The molecule has 33 heavy (non-hydrogen) atoms. The van der Waals surface area contributed by atoms with Crippen LogP contribution in [0, 0.1) is 0 Å². The van der Waals surface area contributed by atoms with Gasteiger partial charge in [0.15, 0.2) is 0 Å². The van der Waals surface area contributed by atoms with E-state index in [9.17, 15) is 13.2 Å². The first-order valence-electron chi connectivity index (χ1n) is 10.5. The van der Waals surface area contributed by atoms with Gasteiger partial charge >= 0.3 is 5.97 Å². The maximum absolute atomic E-state index is 12.7. The van der Waals surface area contributed by atoms with Gasteiger partial charge in [-0.3, -0.25) is 0 Å². The second kappa shape index (κ2) is 10.8. The van der Waals surface area contributed by atoms with Gasteiger partial charge in [-0.2, -0.15) is 0 Å². The molecule has 0 saturated heterocycles. The van der Waals surface area contributed by atoms with Gasteiger partial charge in [-0.1, -0.05) is 61.2 Å². The van der Waals surface area contributed by atoms with Crippen LogP contribution in [-0.2, 0) is 19.4 Å². The van der Waals surface area contributed by atoms with Crippen LogP contribution in [0.2, 0.25) is 0 Å². The molecule has 0 amide bonds. The van der Waals surface area contributed by atoms with Gasteiger partial charge < -0.3 is 9.64 Å². The molecule has 0 aliphatic rings. The van der Waals surface area contributed by atoms with Crippen LogP contribution in [-0.4, -0.2) is 34.6 Å². The van der Waals surface area contributed by atoms with Crippen LogP contribution in [0.4, 0.5) is 5.69 Å². The van der Waals surface area contributed by atoms with Crippen LogP contribution in [0.3, 0.4) is 0 Å². The van der Waals surface area contributed by atoms with Crippen molar-refractivity contribution in [2.45, 2.75) is 16.7 Å². The van der Waals surface area contributed by atoms with Gasteiger partial charge in [-0.25, -0.2) is 13.2 Å². The fourth-order valence-electron chi connectivity index (χ4n) is 3.05. The van der Waals surface area contributed by atoms with E-state index >= 15 is 0 Å². The largest absolute Gasteiger partial charge is 0.460 e. The molecule has 0 radical (unpaired) electrons. The Labute approximate surface area is 195 Å². The Morgan fingerprint density at radius 1 is 0.879 bits per heavy atom. The van der Waals surface area contributed by atoms with Crippen molar-refractivity contribution < 1.29 is 17.9 Å². The lowest BCUT2D eigenvalue weighted by molar-refractivity contribution is -0.138. The summed E-state index contributed by atoms with van der Waals surface area (Å²) in [6.45, 7) is 6.06. The molecule has 0 unspecified atom stereocenters. The van der Waals surface area contributed by atoms with Crippen molar-refractivity contribution in [1.82, 2.24) is 0 Å². The number of likely N-dealkylation sites (N-methyl/N-ethyl adjacent to an activating group) is 1. The van der Waals surface area contributed by atoms with Gasteiger partial charge in [-0.05, 0) is 54.4 Å². The Bertz CT molecular complexity index is 1230. The third-order valence-electron chi connectivity index (χ3n) is 5.05. The predicted molar refractivity (Wildman–Crippen MR) is 133 cm³/mol. The molecule has 0 N–H and O–H groups in total. The zero-order valence-corrected chi connectivity index (χ0v) is 19.6. The molecule has 3 aromatic carbocycles. The Morgan fingerprint density at radius 3 is 1.94 bits per heavy atom. The van der Waals surface area contributed by atoms with Gasteiger partial charge in [-0.15, -0.1) is 0 Å². The summed E-state index contributed by atoms with van der Waals surface area (Å²) in [5, 5.41) is 0. The highest BCUT2D eigenvalue weighted by atomic mass is 32.2. The Kier molecular flexibility index (Phi) is 7.85. The van der Waals surface area contributed by atoms with E-state index in [4.69, 9.17) is 4.74 Å². The molecule has 0 heterocycles. The molecule has 170 valence electrons. The zero-order chi connectivity index (χ0) is 23.8. The topological polar surface area (TPSA) is 63.7 Å². The molecule has 0 saturated carbocycles. The number of hydrogen-bond acceptors (Lipinski definition) is 5. The van der Waals surface area contributed by atoms with Crippen molar-refractivity contribution in [1.29, 1.82) is 0 Å². The molecule has 0 spiro atoms. The van der Waals surface area contributed by atoms with Crippen molar-refractivity contribution in [2.24, 2.45) is 0 Å². The molecular weight excluding hydrogens is 434 g/mol. The first-order chi connectivity index (χ1) is 15.8. The second-order valence-corrected chi connectivity index (χ2v) is 9.60. The molecule has 6 heteroatoms. The first kappa shape index (κ1) is 24.0. The molecule has 0 fully saturated rings. The summed E-state index contributed by atoms with van der Waals surface area (Å²) in [5.41, 5.74) is 3.32. The van der Waals surface area contributed by atoms with Gasteiger partial charge in [0.2, 0.25) is 9.84 Å². The molecule has 0 aliphatic carbocycles. The first-order valence-corrected chi connectivity index (χ1v) is 12.0. The number of carbonyl (C=O) groups is 1. The van der Waals surface area contributed by atoms with Crippen molar-refractivity contribution in [3.05, 3.63) is 102 Å². The van der Waals surface area contributed by atoms with E-state index in [0.717, 1.165) is 16.8 Å². The van der Waals surface area contributed by atoms with Gasteiger partial charge in [0.1, 0.15) is 6.61 Å². The SMILES string of the molecule is C=C(C)C(=O)OCCN(C)c1ccc(/C=C/c2ccc(S(=O)(=O)c3ccccc3)cc2)cc1. The Hall–Kier alpha value is -3.64. The number of sulfone groups is 1. The second-order valence-electron chi connectivity index (χ2n) is 7.65. The highest BCUT2D eigenvalue weighted by Crippen LogP contribution is 2.22. The molecule has 3 aromatic rings. The number of anilines is 1. The lowest BCUT2D eigenvalue weighted by atomic mass is 10.1. The standard InChI is InChI=1S/C27H27NO4S/c1-21(2)27(29)32-20-19-28(3)24-15-11-22(12-16-24)9-10-23-13-17-26(18-14-23)33(30,31)25-7-5-4-6-8-25/h4-18H,1,19-20H2,2-3H3/b10-9+. The molecule has 5 nitrogen and oxygen atoms in total. The van der Waals surface area contributed by atoms with Crippen LogP contribution < -0.4 is 4.90 Å². The van der Waals surface area contributed by atoms with Crippen molar-refractivity contribution in [2.75, 3.05) is 25.1 Å². The zero-order valence-electron chi connectivity index (χ0n) is 18.8. The summed E-state index contributed by atoms with van der Waals surface area (Å²) in [4.78, 5) is 14.0. The normalized spacial score (nSPS) is 11.3. The lowest BCUT2D eigenvalue weighted by Crippen LogP contribution is -2.23. The maximum Gasteiger partial charge on any atom is 0.333 e. The Balaban J connectivity index is 1.60. The average Bonchev–Trinajstić information content (AvgIpc) is 2.83. The molecule has 0 aliphatic heterocycles. The van der Waals surface area contributed by atoms with Gasteiger partial charge in [0.05, 0.1) is 16.3 Å². The minimum absolute atomic E-state index is 0.271. The highest BCUT2D eigenvalue weighted by Gasteiger charge is 2.16. The molecular formula is C27H27NO4S. The van der Waals surface area contributed by atoms with Gasteiger partial charge in [0, 0.05) is 18.3 Å². The summed E-state index contributed by atoms with van der Waals surface area (Å²) in [6, 6.07) is 23.2. The summed E-state index contributed by atoms with van der Waals surface area (Å²) >= 11 is 0. The quantitative estimate of drug-likeness (QED) is 0.248. The van der Waals surface area contributed by atoms with E-state index in [0.29, 0.717) is 18.7 Å². The molecule has 0 aromatic heterocycles. The third-order valence-corrected chi connectivity index (χ3v) is 6.84. The summed E-state index contributed by atoms with van der Waals surface area (Å²) in [7, 11) is -1.58. The van der Waals surface area contributed by atoms with Crippen molar-refractivity contribution in [3.63, 3.8) is 0 Å². The summed E-state index contributed by atoms with van der Waals surface area (Å²) in [5.74, 6) is -0.380. The third kappa shape index (κ3) is 6.43. The van der Waals surface area contributed by atoms with Crippen LogP contribution in [0.1, 0.15) is 18.1 Å². The van der Waals surface area contributed by atoms with Crippen LogP contribution >= 0.6 is 0 Å². The van der Waals surface area contributed by atoms with E-state index in [-0.39, 0.29) is 15.8 Å². The molecule has 3 rings (SSSR count). The van der Waals surface area contributed by atoms with Crippen LogP contribution in [0.15, 0.2) is 101 Å². The van der Waals surface area contributed by atoms with Crippen LogP contribution in [0.5, 0.6) is 0 Å². The number of esters is 1. The smallest absolute Gasteiger partial charge is 0.333 e. The van der Waals surface area contributed by atoms with Gasteiger partial charge in [0.25, 0.3) is 0 Å². The van der Waals surface area contributed by atoms with Crippen molar-refractivity contribution in [3.8, 4) is 0 Å². The average molecular weight is 462 g/mol. The van der Waals surface area contributed by atoms with E-state index in [1.165, 1.54) is 0 Å². The highest BCUT2D eigenvalue weighted by molar-refractivity contribution is 7.91. The van der Waals surface area contributed by atoms with Crippen LogP contribution in [0.25, 0.3) is 12.2 Å². The van der Waals surface area contributed by atoms with E-state index in [2.05, 4.69) is 6.58 Å². The minimum atomic E-state index is -3.51. The maximum atomic E-state index is 12.7. The van der Waals surface area contributed by atoms with Crippen molar-refractivity contribution >= 4 is 33.6 Å². The number of hydrogen-bond donors (Lipinski definition) is 0. The fraction of sp³-hybridized carbons (Fsp3) is 0.148. The number of nitrogens with zero attached hydrogens (tertiary/aromatic N) is 1. The number of carbonyl (C=O) groups excluding carboxylic acids is 1. The monoisotopic (exact) mass is 461 g/mol. The number of ether oxygens (including phenoxy) is 1. The fourth-order valence-corrected chi connectivity index (χ4v) is 4.34.